The van der Waals surface area contributed by atoms with Gasteiger partial charge in [-0.05, 0) is 25.5 Å². The van der Waals surface area contributed by atoms with Crippen molar-refractivity contribution in [2.75, 3.05) is 5.32 Å². The maximum Gasteiger partial charge on any atom is 0.245 e. The number of carbonyl (C=O) groups excluding carboxylic acids is 1. The molecule has 0 aliphatic heterocycles. The molecule has 0 fully saturated rings. The zero-order valence-electron chi connectivity index (χ0n) is 9.46. The molecular weight excluding hydrogens is 226 g/mol. The highest BCUT2D eigenvalue weighted by molar-refractivity contribution is 6.36. The van der Waals surface area contributed by atoms with Crippen molar-refractivity contribution in [3.05, 3.63) is 24.3 Å². The van der Waals surface area contributed by atoms with Crippen molar-refractivity contribution in [1.29, 1.82) is 0 Å². The quantitative estimate of drug-likeness (QED) is 0.796. The zero-order valence-corrected chi connectivity index (χ0v) is 10.2. The molecule has 88 valence electrons. The highest BCUT2D eigenvalue weighted by Crippen LogP contribution is 2.24. The van der Waals surface area contributed by atoms with Crippen molar-refractivity contribution in [1.82, 2.24) is 0 Å². The SMILES string of the molecule is CCCC(C)(Cl)C(=O)Nc1cccc(O)c1. The van der Waals surface area contributed by atoms with Crippen LogP contribution in [0.3, 0.4) is 0 Å². The third-order valence-corrected chi connectivity index (χ3v) is 2.66. The van der Waals surface area contributed by atoms with Crippen LogP contribution in [0.25, 0.3) is 0 Å². The number of amides is 1. The highest BCUT2D eigenvalue weighted by Gasteiger charge is 2.29. The summed E-state index contributed by atoms with van der Waals surface area (Å²) in [6.07, 6.45) is 1.45. The molecule has 1 atom stereocenters. The Bertz CT molecular complexity index is 377. The largest absolute Gasteiger partial charge is 0.508 e. The van der Waals surface area contributed by atoms with E-state index >= 15 is 0 Å². The molecule has 16 heavy (non-hydrogen) atoms. The van der Waals surface area contributed by atoms with Crippen LogP contribution in [-0.2, 0) is 4.79 Å². The number of benzene rings is 1. The van der Waals surface area contributed by atoms with Crippen LogP contribution in [-0.4, -0.2) is 15.9 Å². The number of phenols is 1. The van der Waals surface area contributed by atoms with Crippen molar-refractivity contribution >= 4 is 23.2 Å². The molecule has 1 rings (SSSR count). The summed E-state index contributed by atoms with van der Waals surface area (Å²) in [6, 6.07) is 6.39. The number of alkyl halides is 1. The average molecular weight is 242 g/mol. The monoisotopic (exact) mass is 241 g/mol. The lowest BCUT2D eigenvalue weighted by molar-refractivity contribution is -0.118. The minimum atomic E-state index is -0.903. The fourth-order valence-corrected chi connectivity index (χ4v) is 1.66. The lowest BCUT2D eigenvalue weighted by Crippen LogP contribution is -2.34. The molecule has 2 N–H and O–H groups in total. The number of phenolic OH excluding ortho intramolecular Hbond substituents is 1. The van der Waals surface area contributed by atoms with E-state index in [1.807, 2.05) is 6.92 Å². The van der Waals surface area contributed by atoms with E-state index in [1.165, 1.54) is 6.07 Å². The van der Waals surface area contributed by atoms with Gasteiger partial charge in [-0.25, -0.2) is 0 Å². The highest BCUT2D eigenvalue weighted by atomic mass is 35.5. The lowest BCUT2D eigenvalue weighted by Gasteiger charge is -2.20. The van der Waals surface area contributed by atoms with Crippen LogP contribution in [0.1, 0.15) is 26.7 Å². The fraction of sp³-hybridized carbons (Fsp3) is 0.417. The third kappa shape index (κ3) is 3.42. The summed E-state index contributed by atoms with van der Waals surface area (Å²) in [7, 11) is 0. The van der Waals surface area contributed by atoms with Crippen molar-refractivity contribution in [2.24, 2.45) is 0 Å². The first-order valence-corrected chi connectivity index (χ1v) is 5.63. The Labute approximate surface area is 100 Å². The third-order valence-electron chi connectivity index (χ3n) is 2.30. The van der Waals surface area contributed by atoms with Gasteiger partial charge in [0, 0.05) is 11.8 Å². The summed E-state index contributed by atoms with van der Waals surface area (Å²) in [5.41, 5.74) is 0.549. The van der Waals surface area contributed by atoms with Crippen LogP contribution in [0.15, 0.2) is 24.3 Å². The second-order valence-electron chi connectivity index (χ2n) is 3.95. The number of anilines is 1. The minimum absolute atomic E-state index is 0.115. The summed E-state index contributed by atoms with van der Waals surface area (Å²) < 4.78 is 0. The van der Waals surface area contributed by atoms with E-state index in [9.17, 15) is 9.90 Å². The maximum absolute atomic E-state index is 11.8. The molecule has 1 unspecified atom stereocenters. The number of rotatable bonds is 4. The van der Waals surface area contributed by atoms with E-state index in [4.69, 9.17) is 11.6 Å². The molecule has 0 aromatic heterocycles. The summed E-state index contributed by atoms with van der Waals surface area (Å²) in [5, 5.41) is 11.9. The van der Waals surface area contributed by atoms with E-state index in [0.717, 1.165) is 6.42 Å². The van der Waals surface area contributed by atoms with Crippen LogP contribution < -0.4 is 5.32 Å². The average Bonchev–Trinajstić information content (AvgIpc) is 2.17. The molecule has 1 amide bonds. The Kier molecular flexibility index (Phi) is 4.19. The molecule has 1 aromatic rings. The van der Waals surface area contributed by atoms with Gasteiger partial charge in [-0.15, -0.1) is 11.6 Å². The zero-order chi connectivity index (χ0) is 12.2. The van der Waals surface area contributed by atoms with Gasteiger partial charge in [-0.3, -0.25) is 4.79 Å². The first-order valence-electron chi connectivity index (χ1n) is 5.25. The van der Waals surface area contributed by atoms with Gasteiger partial charge in [-0.1, -0.05) is 19.4 Å². The first-order chi connectivity index (χ1) is 7.45. The predicted octanol–water partition coefficient (Wildman–Crippen LogP) is 3.13. The standard InChI is InChI=1S/C12H16ClNO2/c1-3-7-12(2,13)11(16)14-9-5-4-6-10(15)8-9/h4-6,8,15H,3,7H2,1-2H3,(H,14,16). The Hall–Kier alpha value is -1.22. The number of carbonyl (C=O) groups is 1. The number of hydrogen-bond donors (Lipinski definition) is 2. The molecule has 3 nitrogen and oxygen atoms in total. The van der Waals surface area contributed by atoms with E-state index in [-0.39, 0.29) is 11.7 Å². The summed E-state index contributed by atoms with van der Waals surface area (Å²) in [6.45, 7) is 3.67. The summed E-state index contributed by atoms with van der Waals surface area (Å²) in [5.74, 6) is -0.133. The van der Waals surface area contributed by atoms with Crippen LogP contribution >= 0.6 is 11.6 Å². The Balaban J connectivity index is 2.71. The predicted molar refractivity (Wildman–Crippen MR) is 65.9 cm³/mol. The molecule has 0 spiro atoms. The number of hydrogen-bond acceptors (Lipinski definition) is 2. The van der Waals surface area contributed by atoms with Crippen LogP contribution in [0.5, 0.6) is 5.75 Å². The van der Waals surface area contributed by atoms with E-state index in [1.54, 1.807) is 25.1 Å². The van der Waals surface area contributed by atoms with Crippen molar-refractivity contribution < 1.29 is 9.90 Å². The van der Waals surface area contributed by atoms with Crippen molar-refractivity contribution in [2.45, 2.75) is 31.6 Å². The lowest BCUT2D eigenvalue weighted by atomic mass is 10.0. The van der Waals surface area contributed by atoms with Gasteiger partial charge in [0.25, 0.3) is 0 Å². The number of nitrogens with one attached hydrogen (secondary N) is 1. The molecule has 0 aliphatic carbocycles. The van der Waals surface area contributed by atoms with Gasteiger partial charge in [-0.2, -0.15) is 0 Å². The second-order valence-corrected chi connectivity index (χ2v) is 4.79. The second kappa shape index (κ2) is 5.21. The topological polar surface area (TPSA) is 49.3 Å². The molecule has 0 aliphatic rings. The molecular formula is C12H16ClNO2. The minimum Gasteiger partial charge on any atom is -0.508 e. The van der Waals surface area contributed by atoms with Crippen LogP contribution in [0.4, 0.5) is 5.69 Å². The van der Waals surface area contributed by atoms with Crippen LogP contribution in [0.2, 0.25) is 0 Å². The van der Waals surface area contributed by atoms with Crippen LogP contribution in [0, 0.1) is 0 Å². The van der Waals surface area contributed by atoms with Gasteiger partial charge in [0.1, 0.15) is 10.6 Å². The van der Waals surface area contributed by atoms with E-state index < -0.39 is 4.87 Å². The normalized spacial score (nSPS) is 14.2. The first kappa shape index (κ1) is 12.8. The molecule has 0 heterocycles. The van der Waals surface area contributed by atoms with Crippen molar-refractivity contribution in [3.63, 3.8) is 0 Å². The van der Waals surface area contributed by atoms with E-state index in [0.29, 0.717) is 12.1 Å². The molecule has 4 heteroatoms. The van der Waals surface area contributed by atoms with Crippen molar-refractivity contribution in [3.8, 4) is 5.75 Å². The van der Waals surface area contributed by atoms with Gasteiger partial charge in [0.15, 0.2) is 0 Å². The molecule has 0 saturated carbocycles. The van der Waals surface area contributed by atoms with Gasteiger partial charge >= 0.3 is 0 Å². The molecule has 1 aromatic carbocycles. The van der Waals surface area contributed by atoms with Gasteiger partial charge in [0.2, 0.25) is 5.91 Å². The Morgan fingerprint density at radius 2 is 2.25 bits per heavy atom. The molecule has 0 radical (unpaired) electrons. The Morgan fingerprint density at radius 3 is 2.81 bits per heavy atom. The summed E-state index contributed by atoms with van der Waals surface area (Å²) in [4.78, 5) is 10.9. The van der Waals surface area contributed by atoms with Gasteiger partial charge in [0.05, 0.1) is 0 Å². The molecule has 0 saturated heterocycles. The fourth-order valence-electron chi connectivity index (χ4n) is 1.43. The van der Waals surface area contributed by atoms with E-state index in [2.05, 4.69) is 5.32 Å². The number of halogens is 1. The van der Waals surface area contributed by atoms with Gasteiger partial charge < -0.3 is 10.4 Å². The Morgan fingerprint density at radius 1 is 1.56 bits per heavy atom. The molecule has 0 bridgehead atoms. The summed E-state index contributed by atoms with van der Waals surface area (Å²) >= 11 is 6.10. The smallest absolute Gasteiger partial charge is 0.245 e. The number of aromatic hydroxyl groups is 1. The maximum atomic E-state index is 11.8.